The highest BCUT2D eigenvalue weighted by Gasteiger charge is 2.24. The fourth-order valence-electron chi connectivity index (χ4n) is 3.67. The van der Waals surface area contributed by atoms with Gasteiger partial charge < -0.3 is 5.32 Å². The molecule has 0 radical (unpaired) electrons. The van der Waals surface area contributed by atoms with Crippen molar-refractivity contribution >= 4 is 32.4 Å². The van der Waals surface area contributed by atoms with Gasteiger partial charge in [0.25, 0.3) is 5.91 Å². The number of rotatable bonds is 5. The average molecular weight is 409 g/mol. The zero-order valence-electron chi connectivity index (χ0n) is 16.2. The van der Waals surface area contributed by atoms with Crippen LogP contribution in [-0.4, -0.2) is 31.7 Å². The molecule has 0 bridgehead atoms. The minimum atomic E-state index is -3.31. The summed E-state index contributed by atoms with van der Waals surface area (Å²) >= 11 is 0. The molecule has 1 amide bonds. The first kappa shape index (κ1) is 19.6. The van der Waals surface area contributed by atoms with E-state index < -0.39 is 10.0 Å². The Morgan fingerprint density at radius 1 is 0.862 bits per heavy atom. The van der Waals surface area contributed by atoms with Crippen molar-refractivity contribution in [3.63, 3.8) is 0 Å². The molecule has 1 heterocycles. The minimum Gasteiger partial charge on any atom is -0.322 e. The molecule has 0 saturated carbocycles. The molecule has 4 rings (SSSR count). The van der Waals surface area contributed by atoms with Crippen LogP contribution >= 0.6 is 0 Å². The summed E-state index contributed by atoms with van der Waals surface area (Å²) in [6, 6.07) is 20.5. The number of amides is 1. The van der Waals surface area contributed by atoms with Crippen molar-refractivity contribution in [2.45, 2.75) is 25.0 Å². The van der Waals surface area contributed by atoms with Crippen LogP contribution in [0, 0.1) is 0 Å². The molecule has 6 heteroatoms. The standard InChI is InChI=1S/C23H24N2O3S/c26-23(24-22-13-12-19-6-2-3-7-21(19)16-22)20-10-8-18(9-11-20)17-29(27,28)25-14-4-1-5-15-25/h2-3,6-13,16H,1,4-5,14-15,17H2,(H,24,26). The maximum Gasteiger partial charge on any atom is 0.255 e. The number of nitrogens with zero attached hydrogens (tertiary/aromatic N) is 1. The van der Waals surface area contributed by atoms with Gasteiger partial charge in [0, 0.05) is 24.3 Å². The third-order valence-corrected chi connectivity index (χ3v) is 7.13. The number of anilines is 1. The lowest BCUT2D eigenvalue weighted by atomic mass is 10.1. The third-order valence-electron chi connectivity index (χ3n) is 5.28. The lowest BCUT2D eigenvalue weighted by Crippen LogP contribution is -2.36. The highest BCUT2D eigenvalue weighted by Crippen LogP contribution is 2.20. The van der Waals surface area contributed by atoms with Gasteiger partial charge in [-0.25, -0.2) is 12.7 Å². The fourth-order valence-corrected chi connectivity index (χ4v) is 5.28. The zero-order chi connectivity index (χ0) is 20.3. The van der Waals surface area contributed by atoms with Crippen molar-refractivity contribution < 1.29 is 13.2 Å². The van der Waals surface area contributed by atoms with Crippen LogP contribution in [0.2, 0.25) is 0 Å². The molecule has 1 saturated heterocycles. The van der Waals surface area contributed by atoms with Gasteiger partial charge in [-0.15, -0.1) is 0 Å². The highest BCUT2D eigenvalue weighted by molar-refractivity contribution is 7.88. The Hall–Kier alpha value is -2.70. The molecule has 1 aliphatic rings. The molecule has 29 heavy (non-hydrogen) atoms. The highest BCUT2D eigenvalue weighted by atomic mass is 32.2. The molecule has 0 unspecified atom stereocenters. The van der Waals surface area contributed by atoms with Gasteiger partial charge in [-0.1, -0.05) is 48.9 Å². The summed E-state index contributed by atoms with van der Waals surface area (Å²) < 4.78 is 26.7. The van der Waals surface area contributed by atoms with Crippen molar-refractivity contribution in [3.8, 4) is 0 Å². The van der Waals surface area contributed by atoms with Gasteiger partial charge in [0.1, 0.15) is 0 Å². The number of carbonyl (C=O) groups excluding carboxylic acids is 1. The molecule has 0 atom stereocenters. The lowest BCUT2D eigenvalue weighted by Gasteiger charge is -2.25. The number of sulfonamides is 1. The van der Waals surface area contributed by atoms with E-state index in [1.54, 1.807) is 28.6 Å². The van der Waals surface area contributed by atoms with Crippen LogP contribution in [0.5, 0.6) is 0 Å². The van der Waals surface area contributed by atoms with E-state index in [0.717, 1.165) is 35.7 Å². The second kappa shape index (κ2) is 8.35. The van der Waals surface area contributed by atoms with Gasteiger partial charge in [0.05, 0.1) is 5.75 Å². The van der Waals surface area contributed by atoms with Crippen LogP contribution in [0.1, 0.15) is 35.2 Å². The molecule has 1 aliphatic heterocycles. The minimum absolute atomic E-state index is 0.0282. The summed E-state index contributed by atoms with van der Waals surface area (Å²) in [4.78, 5) is 12.6. The second-order valence-corrected chi connectivity index (χ2v) is 9.40. The fraction of sp³-hybridized carbons (Fsp3) is 0.261. The van der Waals surface area contributed by atoms with E-state index in [0.29, 0.717) is 24.2 Å². The predicted octanol–water partition coefficient (Wildman–Crippen LogP) is 4.41. The summed E-state index contributed by atoms with van der Waals surface area (Å²) in [7, 11) is -3.31. The Morgan fingerprint density at radius 3 is 2.28 bits per heavy atom. The molecule has 5 nitrogen and oxygen atoms in total. The number of carbonyl (C=O) groups is 1. The number of benzene rings is 3. The largest absolute Gasteiger partial charge is 0.322 e. The first-order chi connectivity index (χ1) is 14.0. The van der Waals surface area contributed by atoms with Crippen LogP contribution in [0.3, 0.4) is 0 Å². The van der Waals surface area contributed by atoms with Crippen molar-refractivity contribution in [3.05, 3.63) is 77.9 Å². The first-order valence-electron chi connectivity index (χ1n) is 9.88. The van der Waals surface area contributed by atoms with Gasteiger partial charge in [0.2, 0.25) is 10.0 Å². The third kappa shape index (κ3) is 4.66. The summed E-state index contributed by atoms with van der Waals surface area (Å²) in [5, 5.41) is 5.08. The summed E-state index contributed by atoms with van der Waals surface area (Å²) in [5.41, 5.74) is 1.92. The van der Waals surface area contributed by atoms with Gasteiger partial charge in [0.15, 0.2) is 0 Å². The number of piperidine rings is 1. The maximum absolute atomic E-state index is 12.6. The van der Waals surface area contributed by atoms with Crippen molar-refractivity contribution in [1.82, 2.24) is 4.31 Å². The topological polar surface area (TPSA) is 66.5 Å². The van der Waals surface area contributed by atoms with E-state index in [1.807, 2.05) is 42.5 Å². The summed E-state index contributed by atoms with van der Waals surface area (Å²) in [6.07, 6.45) is 2.94. The van der Waals surface area contributed by atoms with E-state index in [9.17, 15) is 13.2 Å². The van der Waals surface area contributed by atoms with E-state index in [4.69, 9.17) is 0 Å². The Balaban J connectivity index is 1.43. The molecular weight excluding hydrogens is 384 g/mol. The van der Waals surface area contributed by atoms with Gasteiger partial charge >= 0.3 is 0 Å². The molecule has 0 aromatic heterocycles. The van der Waals surface area contributed by atoms with Gasteiger partial charge in [-0.3, -0.25) is 4.79 Å². The van der Waals surface area contributed by atoms with Crippen molar-refractivity contribution in [1.29, 1.82) is 0 Å². The van der Waals surface area contributed by atoms with E-state index in [1.165, 1.54) is 0 Å². The molecule has 1 fully saturated rings. The zero-order valence-corrected chi connectivity index (χ0v) is 17.0. The summed E-state index contributed by atoms with van der Waals surface area (Å²) in [5.74, 6) is -0.245. The van der Waals surface area contributed by atoms with Crippen LogP contribution in [0.4, 0.5) is 5.69 Å². The molecule has 3 aromatic rings. The maximum atomic E-state index is 12.6. The average Bonchev–Trinajstić information content (AvgIpc) is 2.74. The molecule has 0 spiro atoms. The number of fused-ring (bicyclic) bond motifs is 1. The number of hydrogen-bond acceptors (Lipinski definition) is 3. The Labute approximate surface area is 171 Å². The molecule has 3 aromatic carbocycles. The Morgan fingerprint density at radius 2 is 1.55 bits per heavy atom. The molecule has 150 valence electrons. The van der Waals surface area contributed by atoms with E-state index in [2.05, 4.69) is 5.32 Å². The smallest absolute Gasteiger partial charge is 0.255 e. The monoisotopic (exact) mass is 408 g/mol. The normalized spacial score (nSPS) is 15.3. The first-order valence-corrected chi connectivity index (χ1v) is 11.5. The van der Waals surface area contributed by atoms with Crippen molar-refractivity contribution in [2.24, 2.45) is 0 Å². The van der Waals surface area contributed by atoms with Crippen molar-refractivity contribution in [2.75, 3.05) is 18.4 Å². The quantitative estimate of drug-likeness (QED) is 0.680. The van der Waals surface area contributed by atoms with Crippen LogP contribution in [0.15, 0.2) is 66.7 Å². The molecular formula is C23H24N2O3S. The Kier molecular flexibility index (Phi) is 5.65. The van der Waals surface area contributed by atoms with E-state index >= 15 is 0 Å². The second-order valence-electron chi connectivity index (χ2n) is 7.43. The molecule has 0 aliphatic carbocycles. The molecule has 1 N–H and O–H groups in total. The van der Waals surface area contributed by atoms with E-state index in [-0.39, 0.29) is 11.7 Å². The Bertz CT molecular complexity index is 1120. The SMILES string of the molecule is O=C(Nc1ccc2ccccc2c1)c1ccc(CS(=O)(=O)N2CCCCC2)cc1. The van der Waals surface area contributed by atoms with Crippen LogP contribution in [-0.2, 0) is 15.8 Å². The lowest BCUT2D eigenvalue weighted by molar-refractivity contribution is 0.102. The van der Waals surface area contributed by atoms with Gasteiger partial charge in [-0.2, -0.15) is 0 Å². The predicted molar refractivity (Wildman–Crippen MR) is 116 cm³/mol. The number of nitrogens with one attached hydrogen (secondary N) is 1. The van der Waals surface area contributed by atoms with Gasteiger partial charge in [-0.05, 0) is 53.4 Å². The van der Waals surface area contributed by atoms with Crippen LogP contribution < -0.4 is 5.32 Å². The van der Waals surface area contributed by atoms with Crippen LogP contribution in [0.25, 0.3) is 10.8 Å². The summed E-state index contributed by atoms with van der Waals surface area (Å²) in [6.45, 7) is 1.21. The number of hydrogen-bond donors (Lipinski definition) is 1.